The topological polar surface area (TPSA) is 62.3 Å². The second-order valence-electron chi connectivity index (χ2n) is 6.97. The number of nitrogens with one attached hydrogen (secondary N) is 2. The first kappa shape index (κ1) is 27.0. The summed E-state index contributed by atoms with van der Waals surface area (Å²) in [5, 5.41) is 6.05. The molecule has 1 aromatic heterocycles. The zero-order valence-corrected chi connectivity index (χ0v) is 20.4. The summed E-state index contributed by atoms with van der Waals surface area (Å²) < 4.78 is 32.6. The molecule has 1 aromatic carbocycles. The third-order valence-electron chi connectivity index (χ3n) is 4.84. The number of halogens is 2. The van der Waals surface area contributed by atoms with E-state index in [2.05, 4.69) is 37.6 Å². The number of aromatic nitrogens is 2. The van der Waals surface area contributed by atoms with E-state index in [1.54, 1.807) is 18.5 Å². The average Bonchev–Trinajstić information content (AvgIpc) is 2.97. The Morgan fingerprint density at radius 1 is 1.00 bits per heavy atom. The molecule has 2 N–H and O–H groups in total. The van der Waals surface area contributed by atoms with Gasteiger partial charge in [0.05, 0.1) is 25.5 Å². The van der Waals surface area contributed by atoms with Gasteiger partial charge in [0, 0.05) is 42.9 Å². The molecule has 8 heteroatoms. The Bertz CT molecular complexity index is 967. The van der Waals surface area contributed by atoms with E-state index in [4.69, 9.17) is 4.74 Å². The molecule has 0 atom stereocenters. The van der Waals surface area contributed by atoms with Crippen LogP contribution in [0.25, 0.3) is 5.57 Å². The highest BCUT2D eigenvalue weighted by atomic mass is 19.1. The van der Waals surface area contributed by atoms with Gasteiger partial charge in [-0.05, 0) is 48.4 Å². The molecule has 0 aliphatic carbocycles. The van der Waals surface area contributed by atoms with Crippen molar-refractivity contribution in [2.24, 2.45) is 0 Å². The Balaban J connectivity index is 0.000000970. The van der Waals surface area contributed by atoms with Gasteiger partial charge in [0.2, 0.25) is 5.95 Å². The van der Waals surface area contributed by atoms with Crippen LogP contribution in [0.5, 0.6) is 0 Å². The highest BCUT2D eigenvalue weighted by Gasteiger charge is 2.11. The lowest BCUT2D eigenvalue weighted by Crippen LogP contribution is -2.36. The predicted molar refractivity (Wildman–Crippen MR) is 136 cm³/mol. The number of anilines is 3. The molecule has 4 rings (SSSR count). The Kier molecular flexibility index (Phi) is 11.7. The van der Waals surface area contributed by atoms with Crippen LogP contribution in [0.15, 0.2) is 66.5 Å². The van der Waals surface area contributed by atoms with Gasteiger partial charge in [-0.3, -0.25) is 0 Å². The van der Waals surface area contributed by atoms with Crippen LogP contribution in [0.3, 0.4) is 0 Å². The lowest BCUT2D eigenvalue weighted by Gasteiger charge is -2.28. The second kappa shape index (κ2) is 14.8. The van der Waals surface area contributed by atoms with Crippen LogP contribution in [0.1, 0.15) is 39.8 Å². The molecule has 1 saturated heterocycles. The van der Waals surface area contributed by atoms with Gasteiger partial charge in [0.25, 0.3) is 0 Å². The van der Waals surface area contributed by atoms with Gasteiger partial charge in [-0.2, -0.15) is 0 Å². The lowest BCUT2D eigenvalue weighted by atomic mass is 10.1. The van der Waals surface area contributed by atoms with Gasteiger partial charge in [-0.15, -0.1) is 0 Å². The van der Waals surface area contributed by atoms with Crippen molar-refractivity contribution in [1.29, 1.82) is 0 Å². The molecule has 0 radical (unpaired) electrons. The van der Waals surface area contributed by atoms with E-state index in [9.17, 15) is 8.78 Å². The molecular formula is C26H35F2N5O. The zero-order chi connectivity index (χ0) is 24.8. The van der Waals surface area contributed by atoms with Gasteiger partial charge in [-0.1, -0.05) is 27.7 Å². The highest BCUT2D eigenvalue weighted by Crippen LogP contribution is 2.23. The van der Waals surface area contributed by atoms with Crippen molar-refractivity contribution in [3.05, 3.63) is 72.2 Å². The minimum absolute atomic E-state index is 0.0730. The van der Waals surface area contributed by atoms with E-state index in [0.29, 0.717) is 11.6 Å². The molecule has 0 bridgehead atoms. The first-order chi connectivity index (χ1) is 16.7. The molecule has 2 aliphatic heterocycles. The fourth-order valence-electron chi connectivity index (χ4n) is 3.28. The van der Waals surface area contributed by atoms with E-state index in [-0.39, 0.29) is 13.0 Å². The molecule has 184 valence electrons. The summed E-state index contributed by atoms with van der Waals surface area (Å²) in [6.07, 6.45) is 5.80. The summed E-state index contributed by atoms with van der Waals surface area (Å²) in [6, 6.07) is 9.81. The van der Waals surface area contributed by atoms with Crippen LogP contribution in [-0.2, 0) is 4.74 Å². The van der Waals surface area contributed by atoms with E-state index in [1.165, 1.54) is 6.08 Å². The molecular weight excluding hydrogens is 436 g/mol. The van der Waals surface area contributed by atoms with E-state index < -0.39 is 11.7 Å². The van der Waals surface area contributed by atoms with Crippen LogP contribution in [-0.4, -0.2) is 42.8 Å². The Labute approximate surface area is 201 Å². The fourth-order valence-corrected chi connectivity index (χ4v) is 3.28. The van der Waals surface area contributed by atoms with Crippen molar-refractivity contribution in [2.45, 2.75) is 34.1 Å². The highest BCUT2D eigenvalue weighted by molar-refractivity contribution is 5.66. The monoisotopic (exact) mass is 471 g/mol. The molecule has 3 heterocycles. The summed E-state index contributed by atoms with van der Waals surface area (Å²) in [4.78, 5) is 11.1. The molecule has 6 nitrogen and oxygen atoms in total. The summed E-state index contributed by atoms with van der Waals surface area (Å²) in [6.45, 7) is 11.2. The smallest absolute Gasteiger partial charge is 0.227 e. The van der Waals surface area contributed by atoms with Gasteiger partial charge in [-0.25, -0.2) is 18.7 Å². The number of allylic oxidation sites excluding steroid dienone is 4. The van der Waals surface area contributed by atoms with Crippen molar-refractivity contribution < 1.29 is 13.5 Å². The molecule has 0 amide bonds. The van der Waals surface area contributed by atoms with Gasteiger partial charge >= 0.3 is 0 Å². The van der Waals surface area contributed by atoms with Gasteiger partial charge in [0.1, 0.15) is 11.7 Å². The maximum atomic E-state index is 13.7. The van der Waals surface area contributed by atoms with Crippen LogP contribution < -0.4 is 15.5 Å². The van der Waals surface area contributed by atoms with Gasteiger partial charge < -0.3 is 20.3 Å². The number of rotatable bonds is 4. The van der Waals surface area contributed by atoms with E-state index in [1.807, 2.05) is 39.8 Å². The third-order valence-corrected chi connectivity index (χ3v) is 4.84. The zero-order valence-electron chi connectivity index (χ0n) is 20.4. The number of hydrogen-bond acceptors (Lipinski definition) is 6. The molecule has 0 unspecified atom stereocenters. The van der Waals surface area contributed by atoms with Gasteiger partial charge in [0.15, 0.2) is 0 Å². The van der Waals surface area contributed by atoms with Crippen molar-refractivity contribution >= 4 is 22.9 Å². The van der Waals surface area contributed by atoms with Crippen LogP contribution in [0.2, 0.25) is 0 Å². The normalized spacial score (nSPS) is 20.4. The largest absolute Gasteiger partial charge is 0.384 e. The maximum Gasteiger partial charge on any atom is 0.227 e. The third kappa shape index (κ3) is 8.26. The second-order valence-corrected chi connectivity index (χ2v) is 6.97. The number of ether oxygens (including phenoxy) is 1. The van der Waals surface area contributed by atoms with Crippen LogP contribution in [0, 0.1) is 0 Å². The summed E-state index contributed by atoms with van der Waals surface area (Å²) in [5.41, 5.74) is 3.38. The molecule has 34 heavy (non-hydrogen) atoms. The molecule has 2 aliphatic rings. The van der Waals surface area contributed by atoms with Crippen LogP contribution >= 0.6 is 0 Å². The first-order valence-electron chi connectivity index (χ1n) is 11.8. The van der Waals surface area contributed by atoms with Crippen LogP contribution in [0.4, 0.5) is 26.1 Å². The minimum atomic E-state index is -0.602. The number of nitrogens with zero attached hydrogens (tertiary/aromatic N) is 3. The summed E-state index contributed by atoms with van der Waals surface area (Å²) in [7, 11) is 0. The number of hydrogen-bond donors (Lipinski definition) is 2. The Morgan fingerprint density at radius 2 is 1.71 bits per heavy atom. The SMILES string of the molecule is CC.CC.FC1=C/C/C(c2ccnc(Nc3ccc(N4CCOCC4)cc3)n2)=C\NC/C(F)=C\1. The van der Waals surface area contributed by atoms with Crippen molar-refractivity contribution in [2.75, 3.05) is 43.1 Å². The van der Waals surface area contributed by atoms with Crippen molar-refractivity contribution in [3.63, 3.8) is 0 Å². The number of benzene rings is 1. The fraction of sp³-hybridized carbons (Fsp3) is 0.385. The standard InChI is InChI=1S/C22H23F2N5O.2C2H6/c23-17-2-1-16(14-25-15-18(24)13-17)21-7-8-26-22(28-21)27-19-3-5-20(6-4-19)29-9-11-30-12-10-29;2*1-2/h2-8,13-14,25H,1,9-12,15H2,(H,26,27,28);2*1-2H3/b16-14+,17-2+,18-13+;;. The Hall–Kier alpha value is -3.26. The van der Waals surface area contributed by atoms with E-state index in [0.717, 1.165) is 49.3 Å². The molecule has 0 spiro atoms. The average molecular weight is 472 g/mol. The first-order valence-corrected chi connectivity index (χ1v) is 11.8. The predicted octanol–water partition coefficient (Wildman–Crippen LogP) is 6.15. The summed E-state index contributed by atoms with van der Waals surface area (Å²) >= 11 is 0. The lowest BCUT2D eigenvalue weighted by molar-refractivity contribution is 0.122. The maximum absolute atomic E-state index is 13.7. The molecule has 0 saturated carbocycles. The van der Waals surface area contributed by atoms with Crippen molar-refractivity contribution in [1.82, 2.24) is 15.3 Å². The van der Waals surface area contributed by atoms with Crippen molar-refractivity contribution in [3.8, 4) is 0 Å². The minimum Gasteiger partial charge on any atom is -0.384 e. The Morgan fingerprint density at radius 3 is 2.41 bits per heavy atom. The number of morpholine rings is 1. The molecule has 2 aromatic rings. The quantitative estimate of drug-likeness (QED) is 0.558. The van der Waals surface area contributed by atoms with E-state index >= 15 is 0 Å². The molecule has 1 fully saturated rings. The summed E-state index contributed by atoms with van der Waals surface area (Å²) in [5.74, 6) is -0.733.